The van der Waals surface area contributed by atoms with E-state index in [1.807, 2.05) is 0 Å². The summed E-state index contributed by atoms with van der Waals surface area (Å²) in [7, 11) is 0. The largest absolute Gasteiger partial charge is 0.274 e. The number of carbonyl (C=O) groups excluding carboxylic acids is 2. The van der Waals surface area contributed by atoms with E-state index in [2.05, 4.69) is 10.3 Å². The van der Waals surface area contributed by atoms with Crippen LogP contribution in [0, 0.1) is 11.5 Å². The molecule has 0 spiro atoms. The SMILES string of the molecule is N#CNC(=Nc1ccccc1Cl)S[C@H]1CC(=O)N(c2ccccc2Cl)C1=O. The van der Waals surface area contributed by atoms with Crippen molar-refractivity contribution in [2.45, 2.75) is 11.7 Å². The minimum atomic E-state index is -0.726. The van der Waals surface area contributed by atoms with Crippen LogP contribution in [0.2, 0.25) is 10.0 Å². The van der Waals surface area contributed by atoms with Crippen LogP contribution in [0.4, 0.5) is 11.4 Å². The molecule has 0 bridgehead atoms. The van der Waals surface area contributed by atoms with Gasteiger partial charge in [0.25, 0.3) is 0 Å². The van der Waals surface area contributed by atoms with Crippen molar-refractivity contribution in [3.05, 3.63) is 58.6 Å². The number of nitrogens with one attached hydrogen (secondary N) is 1. The Bertz CT molecular complexity index is 974. The number of amides is 2. The lowest BCUT2D eigenvalue weighted by Gasteiger charge is -2.16. The van der Waals surface area contributed by atoms with Crippen molar-refractivity contribution in [3.8, 4) is 6.19 Å². The van der Waals surface area contributed by atoms with Gasteiger partial charge in [-0.05, 0) is 24.3 Å². The number of thioether (sulfide) groups is 1. The second-order valence-corrected chi connectivity index (χ2v) is 7.44. The van der Waals surface area contributed by atoms with E-state index in [1.165, 1.54) is 0 Å². The quantitative estimate of drug-likeness (QED) is 0.266. The number of carbonyl (C=O) groups is 2. The molecule has 0 saturated carbocycles. The van der Waals surface area contributed by atoms with Crippen LogP contribution >= 0.6 is 35.0 Å². The van der Waals surface area contributed by atoms with Gasteiger partial charge in [0.05, 0.1) is 21.4 Å². The first-order chi connectivity index (χ1) is 13.0. The van der Waals surface area contributed by atoms with Crippen LogP contribution in [-0.2, 0) is 9.59 Å². The fourth-order valence-corrected chi connectivity index (χ4v) is 3.86. The molecule has 2 aromatic rings. The molecule has 0 aromatic heterocycles. The van der Waals surface area contributed by atoms with E-state index < -0.39 is 11.2 Å². The maximum atomic E-state index is 12.8. The third-order valence-corrected chi connectivity index (χ3v) is 5.40. The van der Waals surface area contributed by atoms with Gasteiger partial charge < -0.3 is 0 Å². The van der Waals surface area contributed by atoms with E-state index in [-0.39, 0.29) is 17.5 Å². The number of nitrogens with zero attached hydrogens (tertiary/aromatic N) is 3. The molecule has 9 heteroatoms. The summed E-state index contributed by atoms with van der Waals surface area (Å²) < 4.78 is 0. The molecule has 0 aliphatic carbocycles. The van der Waals surface area contributed by atoms with Gasteiger partial charge in [-0.2, -0.15) is 5.26 Å². The zero-order chi connectivity index (χ0) is 19.4. The van der Waals surface area contributed by atoms with Crippen LogP contribution in [-0.4, -0.2) is 22.2 Å². The van der Waals surface area contributed by atoms with Crippen molar-refractivity contribution in [2.24, 2.45) is 4.99 Å². The smallest absolute Gasteiger partial charge is 0.247 e. The average molecular weight is 419 g/mol. The fourth-order valence-electron chi connectivity index (χ4n) is 2.50. The summed E-state index contributed by atoms with van der Waals surface area (Å²) in [5.41, 5.74) is 0.791. The van der Waals surface area contributed by atoms with Crippen molar-refractivity contribution >= 4 is 63.3 Å². The molecule has 136 valence electrons. The molecular formula is C18H12Cl2N4O2S. The molecule has 1 N–H and O–H groups in total. The van der Waals surface area contributed by atoms with Crippen molar-refractivity contribution in [1.29, 1.82) is 5.26 Å². The number of rotatable bonds is 3. The molecule has 27 heavy (non-hydrogen) atoms. The van der Waals surface area contributed by atoms with Crippen molar-refractivity contribution in [2.75, 3.05) is 4.90 Å². The molecule has 1 aliphatic heterocycles. The van der Waals surface area contributed by atoms with Gasteiger partial charge in [0.2, 0.25) is 11.8 Å². The summed E-state index contributed by atoms with van der Waals surface area (Å²) in [5.74, 6) is -0.774. The number of anilines is 1. The summed E-state index contributed by atoms with van der Waals surface area (Å²) in [5, 5.41) is 11.6. The number of hydrogen-bond acceptors (Lipinski definition) is 5. The zero-order valence-corrected chi connectivity index (χ0v) is 16.1. The van der Waals surface area contributed by atoms with Crippen molar-refractivity contribution in [1.82, 2.24) is 5.32 Å². The molecule has 0 unspecified atom stereocenters. The van der Waals surface area contributed by atoms with Crippen LogP contribution in [0.3, 0.4) is 0 Å². The number of halogens is 2. The maximum absolute atomic E-state index is 12.8. The molecule has 1 aliphatic rings. The molecular weight excluding hydrogens is 407 g/mol. The predicted molar refractivity (Wildman–Crippen MR) is 107 cm³/mol. The van der Waals surface area contributed by atoms with E-state index in [4.69, 9.17) is 28.5 Å². The van der Waals surface area contributed by atoms with Gasteiger partial charge in [-0.3, -0.25) is 14.9 Å². The Morgan fingerprint density at radius 3 is 2.48 bits per heavy atom. The highest BCUT2D eigenvalue weighted by Crippen LogP contribution is 2.34. The second-order valence-electron chi connectivity index (χ2n) is 5.43. The molecule has 2 amide bonds. The van der Waals surface area contributed by atoms with Gasteiger partial charge in [0.1, 0.15) is 5.25 Å². The first-order valence-corrected chi connectivity index (χ1v) is 9.41. The zero-order valence-electron chi connectivity index (χ0n) is 13.7. The summed E-state index contributed by atoms with van der Waals surface area (Å²) in [6.07, 6.45) is 1.76. The van der Waals surface area contributed by atoms with E-state index in [1.54, 1.807) is 54.7 Å². The van der Waals surface area contributed by atoms with E-state index in [0.29, 0.717) is 21.4 Å². The molecule has 3 rings (SSSR count). The van der Waals surface area contributed by atoms with E-state index in [0.717, 1.165) is 16.7 Å². The third-order valence-electron chi connectivity index (χ3n) is 3.69. The minimum Gasteiger partial charge on any atom is -0.274 e. The summed E-state index contributed by atoms with van der Waals surface area (Å²) in [6, 6.07) is 13.5. The highest BCUT2D eigenvalue weighted by Gasteiger charge is 2.41. The molecule has 6 nitrogen and oxygen atoms in total. The van der Waals surface area contributed by atoms with Crippen molar-refractivity contribution in [3.63, 3.8) is 0 Å². The average Bonchev–Trinajstić information content (AvgIpc) is 2.91. The molecule has 2 aromatic carbocycles. The normalized spacial score (nSPS) is 17.1. The molecule has 1 saturated heterocycles. The lowest BCUT2D eigenvalue weighted by atomic mass is 10.3. The molecule has 0 radical (unpaired) electrons. The van der Waals surface area contributed by atoms with Crippen LogP contribution in [0.25, 0.3) is 0 Å². The van der Waals surface area contributed by atoms with Crippen LogP contribution in [0.1, 0.15) is 6.42 Å². The Morgan fingerprint density at radius 1 is 1.15 bits per heavy atom. The number of amidine groups is 1. The number of imide groups is 1. The molecule has 1 fully saturated rings. The molecule has 1 atom stereocenters. The predicted octanol–water partition coefficient (Wildman–Crippen LogP) is 4.12. The first-order valence-electron chi connectivity index (χ1n) is 7.77. The Kier molecular flexibility index (Phi) is 6.01. The monoisotopic (exact) mass is 418 g/mol. The second kappa shape index (κ2) is 8.44. The summed E-state index contributed by atoms with van der Waals surface area (Å²) in [4.78, 5) is 30.5. The van der Waals surface area contributed by atoms with E-state index >= 15 is 0 Å². The van der Waals surface area contributed by atoms with Crippen LogP contribution in [0.15, 0.2) is 53.5 Å². The third kappa shape index (κ3) is 4.25. The van der Waals surface area contributed by atoms with Crippen molar-refractivity contribution < 1.29 is 9.59 Å². The number of nitriles is 1. The highest BCUT2D eigenvalue weighted by molar-refractivity contribution is 8.15. The van der Waals surface area contributed by atoms with Gasteiger partial charge >= 0.3 is 0 Å². The Labute approximate surface area is 169 Å². The maximum Gasteiger partial charge on any atom is 0.247 e. The lowest BCUT2D eigenvalue weighted by molar-refractivity contribution is -0.121. The molecule has 1 heterocycles. The highest BCUT2D eigenvalue weighted by atomic mass is 35.5. The number of hydrogen-bond donors (Lipinski definition) is 1. The fraction of sp³-hybridized carbons (Fsp3) is 0.111. The number of aliphatic imine (C=N–C) groups is 1. The summed E-state index contributed by atoms with van der Waals surface area (Å²) in [6.45, 7) is 0. The van der Waals surface area contributed by atoms with Gasteiger partial charge in [-0.25, -0.2) is 9.89 Å². The van der Waals surface area contributed by atoms with Gasteiger partial charge in [0.15, 0.2) is 11.4 Å². The van der Waals surface area contributed by atoms with Gasteiger partial charge in [0, 0.05) is 6.42 Å². The number of para-hydroxylation sites is 2. The topological polar surface area (TPSA) is 85.6 Å². The number of benzene rings is 2. The standard InChI is InChI=1S/C18H12Cl2N4O2S/c19-11-5-1-3-7-13(11)23-18(22-10-21)27-15-9-16(25)24(17(15)26)14-8-4-2-6-12(14)20/h1-8,15H,9H2,(H,22,23)/t15-/m0/s1. The minimum absolute atomic E-state index is 0.0244. The van der Waals surface area contributed by atoms with Gasteiger partial charge in [-0.15, -0.1) is 0 Å². The van der Waals surface area contributed by atoms with E-state index in [9.17, 15) is 9.59 Å². The van der Waals surface area contributed by atoms with Crippen LogP contribution in [0.5, 0.6) is 0 Å². The Morgan fingerprint density at radius 2 is 1.81 bits per heavy atom. The first kappa shape index (κ1) is 19.2. The van der Waals surface area contributed by atoms with Gasteiger partial charge in [-0.1, -0.05) is 59.2 Å². The van der Waals surface area contributed by atoms with Crippen LogP contribution < -0.4 is 10.2 Å². The summed E-state index contributed by atoms with van der Waals surface area (Å²) >= 11 is 13.2. The Balaban J connectivity index is 1.85. The Hall–Kier alpha value is -2.53. The lowest BCUT2D eigenvalue weighted by Crippen LogP contribution is -2.32.